The van der Waals surface area contributed by atoms with Gasteiger partial charge in [0.2, 0.25) is 0 Å². The lowest BCUT2D eigenvalue weighted by molar-refractivity contribution is 0.0605. The fourth-order valence-corrected chi connectivity index (χ4v) is 3.98. The number of nitrogens with one attached hydrogen (secondary N) is 2. The van der Waals surface area contributed by atoms with Crippen molar-refractivity contribution < 1.29 is 18.9 Å². The first kappa shape index (κ1) is 28.7. The minimum absolute atomic E-state index is 0.244. The number of aromatic nitrogens is 1. The van der Waals surface area contributed by atoms with Gasteiger partial charge in [0, 0.05) is 24.4 Å². The van der Waals surface area contributed by atoms with Gasteiger partial charge in [-0.3, -0.25) is 4.98 Å². The normalized spacial score (nSPS) is 15.2. The Bertz CT molecular complexity index is 1380. The molecule has 0 amide bonds. The number of pyridine rings is 1. The number of hydrogen-bond acceptors (Lipinski definition) is 9. The molecule has 2 aromatic carbocycles. The van der Waals surface area contributed by atoms with E-state index in [0.717, 1.165) is 28.1 Å². The van der Waals surface area contributed by atoms with Gasteiger partial charge in [0.25, 0.3) is 0 Å². The fourth-order valence-electron chi connectivity index (χ4n) is 3.79. The number of methoxy groups -OCH3 is 1. The molecule has 2 heterocycles. The zero-order valence-electron chi connectivity index (χ0n) is 22.6. The van der Waals surface area contributed by atoms with Gasteiger partial charge in [0.05, 0.1) is 43.1 Å². The van der Waals surface area contributed by atoms with Gasteiger partial charge in [-0.25, -0.2) is 4.99 Å². The van der Waals surface area contributed by atoms with E-state index in [-0.39, 0.29) is 6.17 Å². The first-order valence-corrected chi connectivity index (χ1v) is 13.4. The molecule has 0 spiro atoms. The minimum atomic E-state index is -0.244. The summed E-state index contributed by atoms with van der Waals surface area (Å²) < 4.78 is 22.5. The summed E-state index contributed by atoms with van der Waals surface area (Å²) in [4.78, 5) is 8.71. The van der Waals surface area contributed by atoms with E-state index >= 15 is 0 Å². The van der Waals surface area contributed by atoms with Crippen LogP contribution >= 0.6 is 9.24 Å². The van der Waals surface area contributed by atoms with Gasteiger partial charge in [-0.15, -0.1) is 9.24 Å². The van der Waals surface area contributed by atoms with Crippen molar-refractivity contribution in [3.05, 3.63) is 90.1 Å². The molecule has 210 valence electrons. The van der Waals surface area contributed by atoms with E-state index < -0.39 is 0 Å². The quantitative estimate of drug-likeness (QED) is 0.0614. The number of nitrogens with zero attached hydrogens (tertiary/aromatic N) is 2. The standard InChI is InChI=1S/C29H35N6O4P/c1-3-20(16-24(30)29-34-25-9-6-21(36-2)17-26(25)35-29)38-14-12-37-13-15-39-22-10-11-32-27(18-22)28(31)33-19-4-7-23(40)8-5-19/h3-11,16-18,29,34-35H,12-15,30,40H2,1-2H3,(H2,31,33)/b20-3+,24-16-. The largest absolute Gasteiger partial charge is 0.497 e. The van der Waals surface area contributed by atoms with E-state index in [1.54, 1.807) is 31.5 Å². The number of ether oxygens (including phenoxy) is 4. The van der Waals surface area contributed by atoms with E-state index in [0.29, 0.717) is 55.2 Å². The topological polar surface area (TPSA) is 138 Å². The molecule has 1 aliphatic rings. The summed E-state index contributed by atoms with van der Waals surface area (Å²) in [6.45, 7) is 3.42. The highest BCUT2D eigenvalue weighted by Crippen LogP contribution is 2.33. The van der Waals surface area contributed by atoms with E-state index in [2.05, 4.69) is 29.8 Å². The smallest absolute Gasteiger partial charge is 0.150 e. The van der Waals surface area contributed by atoms with Gasteiger partial charge in [-0.1, -0.05) is 12.1 Å². The van der Waals surface area contributed by atoms with Crippen molar-refractivity contribution in [1.82, 2.24) is 4.98 Å². The predicted molar refractivity (Wildman–Crippen MR) is 163 cm³/mol. The van der Waals surface area contributed by atoms with Gasteiger partial charge < -0.3 is 41.0 Å². The van der Waals surface area contributed by atoms with Gasteiger partial charge in [-0.05, 0) is 48.6 Å². The molecule has 6 N–H and O–H groups in total. The second-order valence-electron chi connectivity index (χ2n) is 8.74. The van der Waals surface area contributed by atoms with Crippen LogP contribution in [0.5, 0.6) is 11.5 Å². The van der Waals surface area contributed by atoms with Crippen molar-refractivity contribution in [3.8, 4) is 11.5 Å². The molecule has 0 bridgehead atoms. The Morgan fingerprint density at radius 1 is 0.975 bits per heavy atom. The zero-order valence-corrected chi connectivity index (χ0v) is 23.7. The maximum absolute atomic E-state index is 6.32. The van der Waals surface area contributed by atoms with Crippen LogP contribution in [0.25, 0.3) is 0 Å². The molecule has 0 saturated carbocycles. The van der Waals surface area contributed by atoms with Gasteiger partial charge in [0.1, 0.15) is 48.2 Å². The van der Waals surface area contributed by atoms with Crippen LogP contribution in [0.3, 0.4) is 0 Å². The number of benzene rings is 2. The van der Waals surface area contributed by atoms with Crippen molar-refractivity contribution in [2.24, 2.45) is 16.5 Å². The van der Waals surface area contributed by atoms with Crippen molar-refractivity contribution in [1.29, 1.82) is 0 Å². The second kappa shape index (κ2) is 14.2. The zero-order chi connectivity index (χ0) is 28.3. The number of amidine groups is 1. The molecule has 2 atom stereocenters. The number of rotatable bonds is 13. The molecule has 2 unspecified atom stereocenters. The third-order valence-corrected chi connectivity index (χ3v) is 6.27. The Balaban J connectivity index is 1.16. The summed E-state index contributed by atoms with van der Waals surface area (Å²) >= 11 is 0. The predicted octanol–water partition coefficient (Wildman–Crippen LogP) is 3.65. The van der Waals surface area contributed by atoms with E-state index in [1.165, 1.54) is 0 Å². The van der Waals surface area contributed by atoms with Gasteiger partial charge >= 0.3 is 0 Å². The molecule has 0 fully saturated rings. The number of aliphatic imine (C=N–C) groups is 1. The lowest BCUT2D eigenvalue weighted by Gasteiger charge is -2.14. The molecule has 11 heteroatoms. The molecule has 0 aliphatic carbocycles. The average Bonchev–Trinajstić information content (AvgIpc) is 3.41. The highest BCUT2D eigenvalue weighted by atomic mass is 31.0. The maximum Gasteiger partial charge on any atom is 0.150 e. The molecule has 4 rings (SSSR count). The van der Waals surface area contributed by atoms with E-state index in [9.17, 15) is 0 Å². The minimum Gasteiger partial charge on any atom is -0.497 e. The van der Waals surface area contributed by atoms with Crippen LogP contribution in [0.1, 0.15) is 12.6 Å². The monoisotopic (exact) mass is 562 g/mol. The number of fused-ring (bicyclic) bond motifs is 1. The summed E-state index contributed by atoms with van der Waals surface area (Å²) in [5.74, 6) is 2.38. The average molecular weight is 563 g/mol. The highest BCUT2D eigenvalue weighted by molar-refractivity contribution is 7.27. The van der Waals surface area contributed by atoms with Crippen LogP contribution in [0.4, 0.5) is 17.1 Å². The Labute approximate surface area is 236 Å². The Morgan fingerprint density at radius 3 is 2.52 bits per heavy atom. The van der Waals surface area contributed by atoms with Crippen molar-refractivity contribution in [3.63, 3.8) is 0 Å². The summed E-state index contributed by atoms with van der Waals surface area (Å²) in [7, 11) is 4.27. The molecular formula is C29H35N6O4P. The Hall–Kier alpha value is -4.27. The van der Waals surface area contributed by atoms with Crippen LogP contribution < -0.4 is 36.9 Å². The van der Waals surface area contributed by atoms with Crippen LogP contribution in [0.2, 0.25) is 0 Å². The van der Waals surface area contributed by atoms with Crippen molar-refractivity contribution in [2.45, 2.75) is 13.1 Å². The summed E-state index contributed by atoms with van der Waals surface area (Å²) in [6.07, 6.45) is 5.04. The summed E-state index contributed by atoms with van der Waals surface area (Å²) in [5.41, 5.74) is 16.2. The lowest BCUT2D eigenvalue weighted by Crippen LogP contribution is -2.29. The van der Waals surface area contributed by atoms with Gasteiger partial charge in [0.15, 0.2) is 0 Å². The summed E-state index contributed by atoms with van der Waals surface area (Å²) in [6, 6.07) is 17.0. The van der Waals surface area contributed by atoms with Crippen LogP contribution in [-0.4, -0.2) is 50.5 Å². The second-order valence-corrected chi connectivity index (χ2v) is 9.41. The van der Waals surface area contributed by atoms with Crippen molar-refractivity contribution >= 4 is 37.4 Å². The molecule has 40 heavy (non-hydrogen) atoms. The molecular weight excluding hydrogens is 527 g/mol. The third-order valence-electron chi connectivity index (χ3n) is 5.88. The molecule has 0 saturated heterocycles. The van der Waals surface area contributed by atoms with E-state index in [1.807, 2.05) is 55.5 Å². The van der Waals surface area contributed by atoms with Crippen LogP contribution in [0.15, 0.2) is 89.4 Å². The van der Waals surface area contributed by atoms with Crippen LogP contribution in [0, 0.1) is 0 Å². The molecule has 0 radical (unpaired) electrons. The highest BCUT2D eigenvalue weighted by Gasteiger charge is 2.22. The van der Waals surface area contributed by atoms with Crippen LogP contribution in [-0.2, 0) is 9.47 Å². The first-order chi connectivity index (χ1) is 19.4. The fraction of sp³-hybridized carbons (Fsp3) is 0.241. The molecule has 3 aromatic rings. The maximum atomic E-state index is 6.32. The Kier molecular flexibility index (Phi) is 10.2. The first-order valence-electron chi connectivity index (χ1n) is 12.8. The third kappa shape index (κ3) is 8.11. The number of hydrogen-bond donors (Lipinski definition) is 4. The van der Waals surface area contributed by atoms with E-state index in [4.69, 9.17) is 30.4 Å². The molecule has 1 aliphatic heterocycles. The number of nitrogens with two attached hydrogens (primary N) is 2. The molecule has 1 aromatic heterocycles. The number of allylic oxidation sites excluding steroid dienone is 2. The SMILES string of the molecule is C/C=C(\C=C(/N)C1Nc2ccc(OC)cc2N1)OCCOCCOc1ccnc(C(N)=Nc2ccc(P)cc2)c1. The van der Waals surface area contributed by atoms with Crippen molar-refractivity contribution in [2.75, 3.05) is 44.2 Å². The number of anilines is 2. The van der Waals surface area contributed by atoms with Gasteiger partial charge in [-0.2, -0.15) is 0 Å². The summed E-state index contributed by atoms with van der Waals surface area (Å²) in [5, 5.41) is 7.76. The molecule has 10 nitrogen and oxygen atoms in total. The lowest BCUT2D eigenvalue weighted by atomic mass is 10.2. The Morgan fingerprint density at radius 2 is 1.75 bits per heavy atom.